The number of hydrogen-bond donors (Lipinski definition) is 1. The van der Waals surface area contributed by atoms with Crippen LogP contribution in [-0.2, 0) is 16.8 Å². The molecule has 0 amide bonds. The molecule has 0 unspecified atom stereocenters. The molecule has 2 aliphatic rings. The molecule has 0 radical (unpaired) electrons. The molecule has 28 heavy (non-hydrogen) atoms. The van der Waals surface area contributed by atoms with Gasteiger partial charge in [0.2, 0.25) is 0 Å². The summed E-state index contributed by atoms with van der Waals surface area (Å²) in [6.45, 7) is 10.1. The molecule has 2 aromatic carbocycles. The normalized spacial score (nSPS) is 30.6. The summed E-state index contributed by atoms with van der Waals surface area (Å²) in [5.74, 6) is 0.753. The monoisotopic (exact) mass is 377 g/mol. The number of ether oxygens (including phenoxy) is 1. The molecule has 2 aromatic rings. The highest BCUT2D eigenvalue weighted by molar-refractivity contribution is 5.32. The van der Waals surface area contributed by atoms with Crippen molar-refractivity contribution in [3.63, 3.8) is 0 Å². The predicted molar refractivity (Wildman–Crippen MR) is 116 cm³/mol. The minimum Gasteiger partial charge on any atom is -0.368 e. The van der Waals surface area contributed by atoms with E-state index in [0.29, 0.717) is 5.41 Å². The van der Waals surface area contributed by atoms with Crippen LogP contribution in [0.5, 0.6) is 0 Å². The van der Waals surface area contributed by atoms with Crippen LogP contribution in [0.15, 0.2) is 60.7 Å². The van der Waals surface area contributed by atoms with Gasteiger partial charge in [-0.1, -0.05) is 81.4 Å². The molecule has 4 rings (SSSR count). The molecule has 0 aromatic heterocycles. The van der Waals surface area contributed by atoms with Gasteiger partial charge in [-0.05, 0) is 54.7 Å². The maximum Gasteiger partial charge on any atom is 0.0993 e. The minimum atomic E-state index is -0.151. The smallest absolute Gasteiger partial charge is 0.0993 e. The quantitative estimate of drug-likeness (QED) is 0.607. The maximum atomic E-state index is 6.84. The molecule has 2 nitrogen and oxygen atoms in total. The van der Waals surface area contributed by atoms with E-state index >= 15 is 0 Å². The van der Waals surface area contributed by atoms with Crippen molar-refractivity contribution in [1.82, 2.24) is 5.32 Å². The Hall–Kier alpha value is -1.64. The summed E-state index contributed by atoms with van der Waals surface area (Å²) in [7, 11) is 0. The van der Waals surface area contributed by atoms with Gasteiger partial charge < -0.3 is 10.1 Å². The molecule has 150 valence electrons. The first kappa shape index (κ1) is 19.7. The van der Waals surface area contributed by atoms with E-state index in [2.05, 4.69) is 86.8 Å². The van der Waals surface area contributed by atoms with Crippen molar-refractivity contribution in [3.8, 4) is 0 Å². The standard InChI is InChI=1S/C26H35NO/c1-24(2)23-14-16-25(24,3)26(20-23,22-12-8-5-9-13-22)28-19-18-27-17-15-21-10-6-4-7-11-21/h4-13,23,27H,14-20H2,1-3H3/t23-,25-,26+/m1/s1. The largest absolute Gasteiger partial charge is 0.368 e. The summed E-state index contributed by atoms with van der Waals surface area (Å²) in [5, 5.41) is 3.58. The molecule has 2 fully saturated rings. The average molecular weight is 378 g/mol. The molecular weight excluding hydrogens is 342 g/mol. The molecular formula is C26H35NO. The van der Waals surface area contributed by atoms with Crippen LogP contribution in [-0.4, -0.2) is 19.7 Å². The van der Waals surface area contributed by atoms with Crippen LogP contribution >= 0.6 is 0 Å². The summed E-state index contributed by atoms with van der Waals surface area (Å²) in [6, 6.07) is 21.7. The van der Waals surface area contributed by atoms with Crippen LogP contribution in [0, 0.1) is 16.7 Å². The Kier molecular flexibility index (Phi) is 5.37. The van der Waals surface area contributed by atoms with E-state index in [1.165, 1.54) is 24.0 Å². The lowest BCUT2D eigenvalue weighted by Gasteiger charge is -2.49. The van der Waals surface area contributed by atoms with Gasteiger partial charge in [0.15, 0.2) is 0 Å². The molecule has 2 heteroatoms. The number of hydrogen-bond acceptors (Lipinski definition) is 2. The number of nitrogens with one attached hydrogen (secondary N) is 1. The summed E-state index contributed by atoms with van der Waals surface area (Å²) in [4.78, 5) is 0. The zero-order valence-corrected chi connectivity index (χ0v) is 17.7. The van der Waals surface area contributed by atoms with Crippen molar-refractivity contribution in [2.75, 3.05) is 19.7 Å². The topological polar surface area (TPSA) is 21.3 Å². The van der Waals surface area contributed by atoms with Crippen LogP contribution < -0.4 is 5.32 Å². The summed E-state index contributed by atoms with van der Waals surface area (Å²) >= 11 is 0. The van der Waals surface area contributed by atoms with Gasteiger partial charge in [-0.25, -0.2) is 0 Å². The van der Waals surface area contributed by atoms with Gasteiger partial charge in [-0.15, -0.1) is 0 Å². The van der Waals surface area contributed by atoms with E-state index in [9.17, 15) is 0 Å². The zero-order valence-electron chi connectivity index (χ0n) is 17.7. The molecule has 3 atom stereocenters. The zero-order chi connectivity index (χ0) is 19.7. The van der Waals surface area contributed by atoms with Gasteiger partial charge in [0.25, 0.3) is 0 Å². The Labute approximate surface area is 170 Å². The van der Waals surface area contributed by atoms with Gasteiger partial charge in [0.05, 0.1) is 12.2 Å². The maximum absolute atomic E-state index is 6.84. The van der Waals surface area contributed by atoms with Crippen molar-refractivity contribution < 1.29 is 4.74 Å². The lowest BCUT2D eigenvalue weighted by atomic mass is 9.62. The molecule has 0 heterocycles. The van der Waals surface area contributed by atoms with Gasteiger partial charge in [0, 0.05) is 12.0 Å². The second kappa shape index (κ2) is 7.65. The van der Waals surface area contributed by atoms with E-state index < -0.39 is 0 Å². The van der Waals surface area contributed by atoms with Gasteiger partial charge in [-0.3, -0.25) is 0 Å². The van der Waals surface area contributed by atoms with Crippen LogP contribution in [0.4, 0.5) is 0 Å². The lowest BCUT2D eigenvalue weighted by Crippen LogP contribution is -2.47. The molecule has 2 bridgehead atoms. The van der Waals surface area contributed by atoms with Crippen molar-refractivity contribution in [2.24, 2.45) is 16.7 Å². The Balaban J connectivity index is 1.41. The second-order valence-corrected chi connectivity index (χ2v) is 9.52. The van der Waals surface area contributed by atoms with E-state index in [1.54, 1.807) is 0 Å². The van der Waals surface area contributed by atoms with E-state index in [-0.39, 0.29) is 11.0 Å². The number of fused-ring (bicyclic) bond motifs is 2. The van der Waals surface area contributed by atoms with Gasteiger partial charge in [-0.2, -0.15) is 0 Å². The van der Waals surface area contributed by atoms with Gasteiger partial charge in [0.1, 0.15) is 0 Å². The highest BCUT2D eigenvalue weighted by Gasteiger charge is 2.69. The first-order valence-corrected chi connectivity index (χ1v) is 10.9. The fraction of sp³-hybridized carbons (Fsp3) is 0.538. The van der Waals surface area contributed by atoms with Crippen LogP contribution in [0.25, 0.3) is 0 Å². The van der Waals surface area contributed by atoms with Crippen LogP contribution in [0.3, 0.4) is 0 Å². The second-order valence-electron chi connectivity index (χ2n) is 9.52. The predicted octanol–water partition coefficient (Wildman–Crippen LogP) is 5.58. The molecule has 0 aliphatic heterocycles. The molecule has 1 N–H and O–H groups in total. The SMILES string of the molecule is CC1(C)[C@@H]2CC[C@@]1(C)[C@@](OCCNCCc1ccccc1)(c1ccccc1)C2. The highest BCUT2D eigenvalue weighted by Crippen LogP contribution is 2.73. The number of rotatable bonds is 8. The number of benzene rings is 2. The van der Waals surface area contributed by atoms with Crippen molar-refractivity contribution in [1.29, 1.82) is 0 Å². The summed E-state index contributed by atoms with van der Waals surface area (Å²) < 4.78 is 6.84. The van der Waals surface area contributed by atoms with Crippen LogP contribution in [0.1, 0.15) is 51.2 Å². The fourth-order valence-electron chi connectivity index (χ4n) is 5.99. The first-order chi connectivity index (χ1) is 13.5. The third kappa shape index (κ3) is 3.11. The van der Waals surface area contributed by atoms with E-state index in [0.717, 1.165) is 38.5 Å². The Morgan fingerprint density at radius 3 is 2.21 bits per heavy atom. The van der Waals surface area contributed by atoms with Gasteiger partial charge >= 0.3 is 0 Å². The molecule has 0 spiro atoms. The first-order valence-electron chi connectivity index (χ1n) is 10.9. The van der Waals surface area contributed by atoms with E-state index in [1.807, 2.05) is 0 Å². The summed E-state index contributed by atoms with van der Waals surface area (Å²) in [6.07, 6.45) is 4.83. The fourth-order valence-corrected chi connectivity index (χ4v) is 5.99. The average Bonchev–Trinajstić information content (AvgIpc) is 3.04. The Morgan fingerprint density at radius 1 is 0.929 bits per heavy atom. The van der Waals surface area contributed by atoms with Crippen molar-refractivity contribution in [2.45, 2.75) is 52.1 Å². The Bertz CT molecular complexity index is 772. The van der Waals surface area contributed by atoms with Crippen molar-refractivity contribution >= 4 is 0 Å². The highest BCUT2D eigenvalue weighted by atomic mass is 16.5. The van der Waals surface area contributed by atoms with Crippen LogP contribution in [0.2, 0.25) is 0 Å². The minimum absolute atomic E-state index is 0.151. The summed E-state index contributed by atoms with van der Waals surface area (Å²) in [5.41, 5.74) is 3.12. The van der Waals surface area contributed by atoms with Crippen molar-refractivity contribution in [3.05, 3.63) is 71.8 Å². The third-order valence-electron chi connectivity index (χ3n) is 8.16. The third-order valence-corrected chi connectivity index (χ3v) is 8.16. The molecule has 2 aliphatic carbocycles. The van der Waals surface area contributed by atoms with E-state index in [4.69, 9.17) is 4.74 Å². The lowest BCUT2D eigenvalue weighted by molar-refractivity contribution is -0.145. The molecule has 0 saturated heterocycles. The Morgan fingerprint density at radius 2 is 1.61 bits per heavy atom. The molecule has 2 saturated carbocycles.